The minimum atomic E-state index is -2.93. The molecule has 1 aliphatic heterocycles. The van der Waals surface area contributed by atoms with Crippen LogP contribution in [-0.4, -0.2) is 52.3 Å². The van der Waals surface area contributed by atoms with Gasteiger partial charge in [-0.1, -0.05) is 16.8 Å². The van der Waals surface area contributed by atoms with E-state index >= 15 is 0 Å². The van der Waals surface area contributed by atoms with Gasteiger partial charge in [0, 0.05) is 18.2 Å². The van der Waals surface area contributed by atoms with Crippen molar-refractivity contribution in [1.29, 1.82) is 0 Å². The van der Waals surface area contributed by atoms with Crippen LogP contribution in [0.25, 0.3) is 22.6 Å². The van der Waals surface area contributed by atoms with Crippen LogP contribution < -0.4 is 10.2 Å². The van der Waals surface area contributed by atoms with Gasteiger partial charge in [-0.05, 0) is 51.9 Å². The Kier molecular flexibility index (Phi) is 5.81. The van der Waals surface area contributed by atoms with Gasteiger partial charge in [0.1, 0.15) is 17.3 Å². The Hall–Kier alpha value is -2.78. The van der Waals surface area contributed by atoms with Crippen molar-refractivity contribution >= 4 is 17.4 Å². The van der Waals surface area contributed by atoms with Crippen molar-refractivity contribution < 1.29 is 18.4 Å². The van der Waals surface area contributed by atoms with E-state index in [4.69, 9.17) is 21.1 Å². The number of nitrogens with one attached hydrogen (secondary N) is 1. The van der Waals surface area contributed by atoms with E-state index in [0.717, 1.165) is 0 Å². The Bertz CT molecular complexity index is 1150. The Labute approximate surface area is 189 Å². The molecule has 1 fully saturated rings. The molecule has 1 unspecified atom stereocenters. The predicted molar refractivity (Wildman–Crippen MR) is 118 cm³/mol. The summed E-state index contributed by atoms with van der Waals surface area (Å²) in [5, 5.41) is 17.1. The number of halogens is 3. The maximum atomic E-state index is 14.8. The molecule has 0 bridgehead atoms. The van der Waals surface area contributed by atoms with Crippen LogP contribution in [0.15, 0.2) is 22.7 Å². The normalized spacial score (nSPS) is 18.0. The fourth-order valence-electron chi connectivity index (χ4n) is 4.17. The van der Waals surface area contributed by atoms with Gasteiger partial charge in [0.15, 0.2) is 5.82 Å². The molecule has 10 heteroatoms. The Morgan fingerprint density at radius 2 is 2.00 bits per heavy atom. The third-order valence-corrected chi connectivity index (χ3v) is 6.16. The summed E-state index contributed by atoms with van der Waals surface area (Å²) >= 11 is 6.37. The molecule has 0 amide bonds. The van der Waals surface area contributed by atoms with Gasteiger partial charge in [0.25, 0.3) is 5.92 Å². The summed E-state index contributed by atoms with van der Waals surface area (Å²) in [6.07, 6.45) is 0.260. The first-order chi connectivity index (χ1) is 15.1. The maximum Gasteiger partial charge on any atom is 0.280 e. The van der Waals surface area contributed by atoms with Crippen LogP contribution in [0, 0.1) is 20.8 Å². The summed E-state index contributed by atoms with van der Waals surface area (Å²) in [5.74, 6) is -1.82. The van der Waals surface area contributed by atoms with Gasteiger partial charge in [-0.25, -0.2) is 18.7 Å². The molecule has 0 saturated carbocycles. The van der Waals surface area contributed by atoms with E-state index in [1.54, 1.807) is 27.8 Å². The standard InChI is InChI=1S/C22H24ClF2N5O2/c1-11-19(18-12(2)29-32-13(18)3)27-20(15-9-14(31)5-6-16(15)23)28-21(11)30(4)17-7-8-26-10-22(17,24)25/h5-6,9,17,26,31H,7-8,10H2,1-4H3. The summed E-state index contributed by atoms with van der Waals surface area (Å²) in [7, 11) is 1.62. The first-order valence-electron chi connectivity index (χ1n) is 10.2. The van der Waals surface area contributed by atoms with Gasteiger partial charge in [-0.15, -0.1) is 0 Å². The molecule has 3 aromatic rings. The molecule has 1 atom stereocenters. The van der Waals surface area contributed by atoms with Crippen LogP contribution in [-0.2, 0) is 0 Å². The molecule has 4 rings (SSSR count). The number of nitrogens with zero attached hydrogens (tertiary/aromatic N) is 4. The number of phenolic OH excluding ortho intramolecular Hbond substituents is 1. The van der Waals surface area contributed by atoms with Crippen LogP contribution >= 0.6 is 11.6 Å². The van der Waals surface area contributed by atoms with Crippen molar-refractivity contribution in [3.8, 4) is 28.4 Å². The first-order valence-corrected chi connectivity index (χ1v) is 10.6. The second-order valence-electron chi connectivity index (χ2n) is 8.06. The predicted octanol–water partition coefficient (Wildman–Crippen LogP) is 4.52. The fraction of sp³-hybridized carbons (Fsp3) is 0.409. The highest BCUT2D eigenvalue weighted by Crippen LogP contribution is 2.38. The number of aryl methyl sites for hydroxylation is 2. The number of benzene rings is 1. The van der Waals surface area contributed by atoms with E-state index in [2.05, 4.69) is 15.5 Å². The number of phenols is 1. The smallest absolute Gasteiger partial charge is 0.280 e. The lowest BCUT2D eigenvalue weighted by Gasteiger charge is -2.39. The Balaban J connectivity index is 1.95. The monoisotopic (exact) mass is 463 g/mol. The molecular formula is C22H24ClF2N5O2. The average molecular weight is 464 g/mol. The molecule has 0 aliphatic carbocycles. The van der Waals surface area contributed by atoms with Crippen molar-refractivity contribution in [2.75, 3.05) is 25.0 Å². The number of hydrogen-bond donors (Lipinski definition) is 2. The van der Waals surface area contributed by atoms with E-state index in [-0.39, 0.29) is 18.0 Å². The van der Waals surface area contributed by atoms with Crippen molar-refractivity contribution in [2.45, 2.75) is 39.2 Å². The number of aromatic nitrogens is 3. The van der Waals surface area contributed by atoms with E-state index < -0.39 is 18.5 Å². The van der Waals surface area contributed by atoms with Gasteiger partial charge >= 0.3 is 0 Å². The molecule has 3 heterocycles. The molecule has 7 nitrogen and oxygen atoms in total. The van der Waals surface area contributed by atoms with Crippen LogP contribution in [0.5, 0.6) is 5.75 Å². The first kappa shape index (κ1) is 22.4. The number of alkyl halides is 2. The minimum absolute atomic E-state index is 0.00717. The van der Waals surface area contributed by atoms with E-state index in [1.807, 2.05) is 0 Å². The maximum absolute atomic E-state index is 14.8. The molecule has 0 radical (unpaired) electrons. The molecule has 170 valence electrons. The van der Waals surface area contributed by atoms with Gasteiger partial charge in [0.05, 0.1) is 34.6 Å². The molecule has 1 aliphatic rings. The molecule has 1 aromatic carbocycles. The highest BCUT2D eigenvalue weighted by Gasteiger charge is 2.45. The molecule has 2 N–H and O–H groups in total. The van der Waals surface area contributed by atoms with Crippen molar-refractivity contribution in [3.05, 3.63) is 40.2 Å². The Morgan fingerprint density at radius 1 is 1.25 bits per heavy atom. The SMILES string of the molecule is Cc1noc(C)c1-c1nc(-c2cc(O)ccc2Cl)nc(N(C)C2CCNCC2(F)F)c1C. The minimum Gasteiger partial charge on any atom is -0.508 e. The van der Waals surface area contributed by atoms with Gasteiger partial charge < -0.3 is 19.8 Å². The van der Waals surface area contributed by atoms with Crippen LogP contribution in [0.4, 0.5) is 14.6 Å². The summed E-state index contributed by atoms with van der Waals surface area (Å²) in [6, 6.07) is 3.41. The molecule has 1 saturated heterocycles. The van der Waals surface area contributed by atoms with E-state index in [1.165, 1.54) is 23.1 Å². The lowest BCUT2D eigenvalue weighted by Crippen LogP contribution is -2.56. The van der Waals surface area contributed by atoms with Crippen LogP contribution in [0.3, 0.4) is 0 Å². The molecule has 2 aromatic heterocycles. The van der Waals surface area contributed by atoms with E-state index in [9.17, 15) is 13.9 Å². The van der Waals surface area contributed by atoms with Crippen molar-refractivity contribution in [2.24, 2.45) is 0 Å². The van der Waals surface area contributed by atoms with Gasteiger partial charge in [0.2, 0.25) is 0 Å². The number of hydrogen-bond acceptors (Lipinski definition) is 7. The highest BCUT2D eigenvalue weighted by atomic mass is 35.5. The summed E-state index contributed by atoms with van der Waals surface area (Å²) in [4.78, 5) is 10.8. The summed E-state index contributed by atoms with van der Waals surface area (Å²) in [6.45, 7) is 5.44. The molecule has 32 heavy (non-hydrogen) atoms. The van der Waals surface area contributed by atoms with Crippen LogP contribution in [0.2, 0.25) is 5.02 Å². The number of rotatable bonds is 4. The van der Waals surface area contributed by atoms with E-state index in [0.29, 0.717) is 51.2 Å². The number of anilines is 1. The second kappa shape index (κ2) is 8.29. The third kappa shape index (κ3) is 3.91. The topological polar surface area (TPSA) is 87.3 Å². The lowest BCUT2D eigenvalue weighted by atomic mass is 9.99. The summed E-state index contributed by atoms with van der Waals surface area (Å²) in [5.41, 5.74) is 2.83. The van der Waals surface area contributed by atoms with Crippen molar-refractivity contribution in [3.63, 3.8) is 0 Å². The fourth-order valence-corrected chi connectivity index (χ4v) is 4.37. The zero-order valence-corrected chi connectivity index (χ0v) is 19.0. The zero-order valence-electron chi connectivity index (χ0n) is 18.2. The van der Waals surface area contributed by atoms with Crippen molar-refractivity contribution in [1.82, 2.24) is 20.4 Å². The molecule has 0 spiro atoms. The lowest BCUT2D eigenvalue weighted by molar-refractivity contribution is -0.0402. The number of aromatic hydroxyl groups is 1. The van der Waals surface area contributed by atoms with Gasteiger partial charge in [-0.3, -0.25) is 0 Å². The Morgan fingerprint density at radius 3 is 2.66 bits per heavy atom. The average Bonchev–Trinajstić information content (AvgIpc) is 3.07. The largest absolute Gasteiger partial charge is 0.508 e. The number of piperidine rings is 1. The van der Waals surface area contributed by atoms with Crippen LogP contribution in [0.1, 0.15) is 23.4 Å². The quantitative estimate of drug-likeness (QED) is 0.588. The van der Waals surface area contributed by atoms with Gasteiger partial charge in [-0.2, -0.15) is 0 Å². The third-order valence-electron chi connectivity index (χ3n) is 5.83. The zero-order chi connectivity index (χ0) is 23.2. The highest BCUT2D eigenvalue weighted by molar-refractivity contribution is 6.33. The summed E-state index contributed by atoms with van der Waals surface area (Å²) < 4.78 is 34.8. The second-order valence-corrected chi connectivity index (χ2v) is 8.47. The molecular weight excluding hydrogens is 440 g/mol.